The number of hydrazine groups is 1. The maximum absolute atomic E-state index is 5.84. The summed E-state index contributed by atoms with van der Waals surface area (Å²) in [7, 11) is 2.04. The Morgan fingerprint density at radius 2 is 2.10 bits per heavy atom. The second-order valence-electron chi connectivity index (χ2n) is 5.73. The summed E-state index contributed by atoms with van der Waals surface area (Å²) in [6.07, 6.45) is 8.23. The zero-order valence-electron chi connectivity index (χ0n) is 11.9. The third-order valence-corrected chi connectivity index (χ3v) is 4.58. The van der Waals surface area contributed by atoms with Gasteiger partial charge in [0.1, 0.15) is 5.82 Å². The van der Waals surface area contributed by atoms with E-state index in [1.54, 1.807) is 0 Å². The second-order valence-corrected chi connectivity index (χ2v) is 5.73. The maximum atomic E-state index is 5.84. The average Bonchev–Trinajstić information content (AvgIpc) is 3.19. The van der Waals surface area contributed by atoms with E-state index in [9.17, 15) is 0 Å². The summed E-state index contributed by atoms with van der Waals surface area (Å²) in [5.41, 5.74) is 4.68. The number of nitrogens with one attached hydrogen (secondary N) is 1. The van der Waals surface area contributed by atoms with Gasteiger partial charge < -0.3 is 4.57 Å². The van der Waals surface area contributed by atoms with E-state index in [1.807, 2.05) is 19.4 Å². The first-order valence-corrected chi connectivity index (χ1v) is 7.24. The lowest BCUT2D eigenvalue weighted by Crippen LogP contribution is -2.44. The standard InChI is InChI=1S/C16H22N4/c1-20-12-11-18-15(20)8-7-14(19-17)16(9-10-16)13-5-3-2-4-6-13/h2-6,11-12,14,19H,7-10,17H2,1H3. The first kappa shape index (κ1) is 13.3. The molecule has 0 radical (unpaired) electrons. The van der Waals surface area contributed by atoms with Gasteiger partial charge >= 0.3 is 0 Å². The van der Waals surface area contributed by atoms with Crippen LogP contribution in [0.15, 0.2) is 42.7 Å². The van der Waals surface area contributed by atoms with Crippen LogP contribution in [0.4, 0.5) is 0 Å². The van der Waals surface area contributed by atoms with Crippen LogP contribution in [0.25, 0.3) is 0 Å². The second kappa shape index (κ2) is 5.38. The van der Waals surface area contributed by atoms with Gasteiger partial charge in [-0.1, -0.05) is 30.3 Å². The molecule has 1 aliphatic rings. The smallest absolute Gasteiger partial charge is 0.108 e. The van der Waals surface area contributed by atoms with Crippen molar-refractivity contribution in [3.8, 4) is 0 Å². The maximum Gasteiger partial charge on any atom is 0.108 e. The van der Waals surface area contributed by atoms with E-state index in [1.165, 1.54) is 18.4 Å². The van der Waals surface area contributed by atoms with Gasteiger partial charge in [-0.2, -0.15) is 0 Å². The highest BCUT2D eigenvalue weighted by Crippen LogP contribution is 2.51. The lowest BCUT2D eigenvalue weighted by molar-refractivity contribution is 0.395. The van der Waals surface area contributed by atoms with Gasteiger partial charge in [0.05, 0.1) is 0 Å². The molecule has 3 rings (SSSR count). The van der Waals surface area contributed by atoms with Gasteiger partial charge in [-0.3, -0.25) is 11.3 Å². The molecule has 4 heteroatoms. The molecule has 2 aromatic rings. The third kappa shape index (κ3) is 2.37. The van der Waals surface area contributed by atoms with Crippen molar-refractivity contribution >= 4 is 0 Å². The molecule has 106 valence electrons. The number of benzene rings is 1. The number of nitrogens with zero attached hydrogens (tertiary/aromatic N) is 2. The van der Waals surface area contributed by atoms with E-state index in [2.05, 4.69) is 45.3 Å². The van der Waals surface area contributed by atoms with Crippen molar-refractivity contribution in [3.05, 3.63) is 54.1 Å². The minimum absolute atomic E-state index is 0.223. The van der Waals surface area contributed by atoms with Crippen LogP contribution in [0, 0.1) is 0 Å². The van der Waals surface area contributed by atoms with Gasteiger partial charge in [0.2, 0.25) is 0 Å². The number of aromatic nitrogens is 2. The van der Waals surface area contributed by atoms with Crippen LogP contribution in [0.1, 0.15) is 30.7 Å². The van der Waals surface area contributed by atoms with Crippen LogP contribution in [-0.4, -0.2) is 15.6 Å². The summed E-state index contributed by atoms with van der Waals surface area (Å²) in [6, 6.07) is 11.0. The van der Waals surface area contributed by atoms with Gasteiger partial charge in [0.15, 0.2) is 0 Å². The van der Waals surface area contributed by atoms with E-state index in [0.29, 0.717) is 6.04 Å². The number of hydrogen-bond donors (Lipinski definition) is 2. The quantitative estimate of drug-likeness (QED) is 0.623. The highest BCUT2D eigenvalue weighted by molar-refractivity contribution is 5.33. The molecule has 1 aliphatic carbocycles. The van der Waals surface area contributed by atoms with E-state index < -0.39 is 0 Å². The molecule has 20 heavy (non-hydrogen) atoms. The lowest BCUT2D eigenvalue weighted by atomic mass is 9.86. The van der Waals surface area contributed by atoms with Gasteiger partial charge in [0, 0.05) is 37.3 Å². The fourth-order valence-electron chi connectivity index (χ4n) is 3.17. The minimum Gasteiger partial charge on any atom is -0.338 e. The predicted molar refractivity (Wildman–Crippen MR) is 80.0 cm³/mol. The zero-order valence-corrected chi connectivity index (χ0v) is 11.9. The van der Waals surface area contributed by atoms with Crippen LogP contribution in [0.2, 0.25) is 0 Å². The van der Waals surface area contributed by atoms with Gasteiger partial charge in [-0.25, -0.2) is 4.98 Å². The summed E-state index contributed by atoms with van der Waals surface area (Å²) in [5, 5.41) is 0. The number of aryl methyl sites for hydroxylation is 2. The van der Waals surface area contributed by atoms with Crippen molar-refractivity contribution in [3.63, 3.8) is 0 Å². The lowest BCUT2D eigenvalue weighted by Gasteiger charge is -2.27. The van der Waals surface area contributed by atoms with E-state index in [4.69, 9.17) is 5.84 Å². The highest BCUT2D eigenvalue weighted by Gasteiger charge is 2.49. The third-order valence-electron chi connectivity index (χ3n) is 4.58. The van der Waals surface area contributed by atoms with Crippen molar-refractivity contribution in [2.75, 3.05) is 0 Å². The fourth-order valence-corrected chi connectivity index (χ4v) is 3.17. The number of rotatable bonds is 6. The Morgan fingerprint density at radius 1 is 1.35 bits per heavy atom. The van der Waals surface area contributed by atoms with Crippen molar-refractivity contribution in [1.82, 2.24) is 15.0 Å². The Morgan fingerprint density at radius 3 is 2.65 bits per heavy atom. The minimum atomic E-state index is 0.223. The number of nitrogens with two attached hydrogens (primary N) is 1. The first-order valence-electron chi connectivity index (χ1n) is 7.24. The molecule has 1 heterocycles. The van der Waals surface area contributed by atoms with Crippen LogP contribution in [0.3, 0.4) is 0 Å². The van der Waals surface area contributed by atoms with E-state index >= 15 is 0 Å². The molecule has 1 saturated carbocycles. The number of imidazole rings is 1. The molecule has 0 amide bonds. The topological polar surface area (TPSA) is 55.9 Å². The van der Waals surface area contributed by atoms with E-state index in [0.717, 1.165) is 18.7 Å². The molecule has 1 fully saturated rings. The zero-order chi connectivity index (χ0) is 14.0. The summed E-state index contributed by atoms with van der Waals surface area (Å²) in [6.45, 7) is 0. The van der Waals surface area contributed by atoms with Gasteiger partial charge in [0.25, 0.3) is 0 Å². The normalized spacial score (nSPS) is 17.9. The summed E-state index contributed by atoms with van der Waals surface area (Å²) < 4.78 is 2.08. The Hall–Kier alpha value is -1.65. The highest BCUT2D eigenvalue weighted by atomic mass is 15.2. The van der Waals surface area contributed by atoms with Crippen molar-refractivity contribution in [2.24, 2.45) is 12.9 Å². The molecule has 0 bridgehead atoms. The summed E-state index contributed by atoms with van der Waals surface area (Å²) in [5.74, 6) is 6.96. The molecular formula is C16H22N4. The molecule has 4 nitrogen and oxygen atoms in total. The molecule has 1 aromatic heterocycles. The van der Waals surface area contributed by atoms with Crippen LogP contribution in [0.5, 0.6) is 0 Å². The Bertz CT molecular complexity index is 557. The molecule has 1 unspecified atom stereocenters. The Labute approximate surface area is 120 Å². The molecule has 0 spiro atoms. The average molecular weight is 270 g/mol. The van der Waals surface area contributed by atoms with E-state index in [-0.39, 0.29) is 5.41 Å². The largest absolute Gasteiger partial charge is 0.338 e. The van der Waals surface area contributed by atoms with Crippen LogP contribution < -0.4 is 11.3 Å². The predicted octanol–water partition coefficient (Wildman–Crippen LogP) is 1.92. The van der Waals surface area contributed by atoms with Gasteiger partial charge in [-0.05, 0) is 24.8 Å². The molecule has 0 saturated heterocycles. The molecule has 3 N–H and O–H groups in total. The van der Waals surface area contributed by atoms with Crippen molar-refractivity contribution < 1.29 is 0 Å². The fraction of sp³-hybridized carbons (Fsp3) is 0.438. The van der Waals surface area contributed by atoms with Gasteiger partial charge in [-0.15, -0.1) is 0 Å². The molecule has 0 aliphatic heterocycles. The summed E-state index contributed by atoms with van der Waals surface area (Å²) in [4.78, 5) is 4.39. The number of hydrogen-bond acceptors (Lipinski definition) is 3. The molecule has 1 atom stereocenters. The Balaban J connectivity index is 1.72. The van der Waals surface area contributed by atoms with Crippen molar-refractivity contribution in [1.29, 1.82) is 0 Å². The van der Waals surface area contributed by atoms with Crippen LogP contribution >= 0.6 is 0 Å². The summed E-state index contributed by atoms with van der Waals surface area (Å²) >= 11 is 0. The molecular weight excluding hydrogens is 248 g/mol. The first-order chi connectivity index (χ1) is 9.76. The SMILES string of the molecule is Cn1ccnc1CCC(NN)C1(c2ccccc2)CC1. The van der Waals surface area contributed by atoms with Crippen molar-refractivity contribution in [2.45, 2.75) is 37.1 Å². The Kier molecular flexibility index (Phi) is 3.59. The van der Waals surface area contributed by atoms with Crippen LogP contribution in [-0.2, 0) is 18.9 Å². The monoisotopic (exact) mass is 270 g/mol. The molecule has 1 aromatic carbocycles.